The smallest absolute Gasteiger partial charge is 0.123 e. The summed E-state index contributed by atoms with van der Waals surface area (Å²) in [5, 5.41) is 0. The zero-order chi connectivity index (χ0) is 13.4. The molecule has 4 heteroatoms. The Bertz CT molecular complexity index is 344. The zero-order valence-corrected chi connectivity index (χ0v) is 12.3. The zero-order valence-electron chi connectivity index (χ0n) is 11.5. The Labute approximate surface area is 114 Å². The van der Waals surface area contributed by atoms with Gasteiger partial charge in [0.1, 0.15) is 5.82 Å². The maximum atomic E-state index is 13.0. The van der Waals surface area contributed by atoms with Crippen LogP contribution in [0.2, 0.25) is 0 Å². The van der Waals surface area contributed by atoms with Gasteiger partial charge in [-0.3, -0.25) is 0 Å². The van der Waals surface area contributed by atoms with Crippen molar-refractivity contribution in [2.75, 3.05) is 46.5 Å². The normalized spacial score (nSPS) is 11.4. The molecule has 0 atom stereocenters. The summed E-state index contributed by atoms with van der Waals surface area (Å²) in [4.78, 5) is 4.52. The second-order valence-corrected chi connectivity index (χ2v) is 5.89. The number of hydrogen-bond acceptors (Lipinski definition) is 3. The van der Waals surface area contributed by atoms with Gasteiger partial charge in [0.25, 0.3) is 0 Å². The van der Waals surface area contributed by atoms with E-state index in [1.54, 1.807) is 12.1 Å². The van der Waals surface area contributed by atoms with E-state index in [1.165, 1.54) is 6.07 Å². The van der Waals surface area contributed by atoms with Gasteiger partial charge in [-0.2, -0.15) is 11.8 Å². The molecule has 0 aromatic heterocycles. The van der Waals surface area contributed by atoms with Crippen molar-refractivity contribution in [2.24, 2.45) is 0 Å². The van der Waals surface area contributed by atoms with Crippen LogP contribution in [-0.2, 0) is 5.75 Å². The third-order valence-corrected chi connectivity index (χ3v) is 3.71. The molecule has 0 aliphatic rings. The van der Waals surface area contributed by atoms with Crippen LogP contribution in [0, 0.1) is 5.82 Å². The molecule has 18 heavy (non-hydrogen) atoms. The number of thioether (sulfide) groups is 1. The molecule has 0 fully saturated rings. The first-order chi connectivity index (χ1) is 8.58. The quantitative estimate of drug-likeness (QED) is 0.670. The average Bonchev–Trinajstić information content (AvgIpc) is 2.32. The molecule has 0 amide bonds. The fourth-order valence-electron chi connectivity index (χ4n) is 1.52. The third-order valence-electron chi connectivity index (χ3n) is 2.70. The maximum absolute atomic E-state index is 13.0. The number of hydrogen-bond donors (Lipinski definition) is 0. The molecule has 2 nitrogen and oxygen atoms in total. The van der Waals surface area contributed by atoms with Crippen LogP contribution >= 0.6 is 11.8 Å². The molecular weight excluding hydrogens is 247 g/mol. The Hall–Kier alpha value is -0.580. The summed E-state index contributed by atoms with van der Waals surface area (Å²) in [6, 6.07) is 6.85. The lowest BCUT2D eigenvalue weighted by Gasteiger charge is -2.18. The van der Waals surface area contributed by atoms with Gasteiger partial charge in [-0.15, -0.1) is 0 Å². The van der Waals surface area contributed by atoms with E-state index in [0.29, 0.717) is 0 Å². The Morgan fingerprint density at radius 2 is 1.89 bits per heavy atom. The lowest BCUT2D eigenvalue weighted by Crippen LogP contribution is -2.30. The Morgan fingerprint density at radius 3 is 2.56 bits per heavy atom. The Kier molecular flexibility index (Phi) is 7.32. The van der Waals surface area contributed by atoms with Crippen molar-refractivity contribution in [1.29, 1.82) is 0 Å². The molecule has 102 valence electrons. The minimum Gasteiger partial charge on any atom is -0.308 e. The predicted octanol–water partition coefficient (Wildman–Crippen LogP) is 2.55. The standard InChI is InChI=1S/C14H23FN2S/c1-16(2)7-8-17(3)9-10-18-12-13-5-4-6-14(15)11-13/h4-6,11H,7-10,12H2,1-3H3. The number of rotatable bonds is 8. The van der Waals surface area contributed by atoms with Gasteiger partial charge >= 0.3 is 0 Å². The van der Waals surface area contributed by atoms with Crippen molar-refractivity contribution in [3.8, 4) is 0 Å². The first kappa shape index (κ1) is 15.5. The molecule has 1 aromatic carbocycles. The summed E-state index contributed by atoms with van der Waals surface area (Å²) in [6.45, 7) is 3.26. The number of benzene rings is 1. The highest BCUT2D eigenvalue weighted by Gasteiger charge is 2.00. The van der Waals surface area contributed by atoms with E-state index in [-0.39, 0.29) is 5.82 Å². The van der Waals surface area contributed by atoms with Crippen molar-refractivity contribution in [3.63, 3.8) is 0 Å². The highest BCUT2D eigenvalue weighted by molar-refractivity contribution is 7.98. The van der Waals surface area contributed by atoms with Crippen molar-refractivity contribution in [3.05, 3.63) is 35.6 Å². The first-order valence-corrected chi connectivity index (χ1v) is 7.39. The van der Waals surface area contributed by atoms with Crippen LogP contribution in [-0.4, -0.2) is 56.3 Å². The molecule has 1 rings (SSSR count). The minimum atomic E-state index is -0.142. The van der Waals surface area contributed by atoms with E-state index >= 15 is 0 Å². The van der Waals surface area contributed by atoms with Gasteiger partial charge < -0.3 is 9.80 Å². The molecule has 0 radical (unpaired) electrons. The summed E-state index contributed by atoms with van der Waals surface area (Å²) in [6.07, 6.45) is 0. The van der Waals surface area contributed by atoms with Gasteiger partial charge in [-0.25, -0.2) is 4.39 Å². The molecule has 0 saturated carbocycles. The van der Waals surface area contributed by atoms with Crippen molar-refractivity contribution < 1.29 is 4.39 Å². The van der Waals surface area contributed by atoms with Crippen molar-refractivity contribution in [2.45, 2.75) is 5.75 Å². The second kappa shape index (κ2) is 8.51. The van der Waals surface area contributed by atoms with E-state index in [1.807, 2.05) is 17.8 Å². The summed E-state index contributed by atoms with van der Waals surface area (Å²) in [5.74, 6) is 1.83. The molecule has 0 spiro atoms. The van der Waals surface area contributed by atoms with E-state index in [9.17, 15) is 4.39 Å². The number of likely N-dealkylation sites (N-methyl/N-ethyl adjacent to an activating group) is 2. The van der Waals surface area contributed by atoms with E-state index < -0.39 is 0 Å². The van der Waals surface area contributed by atoms with Gasteiger partial charge in [-0.1, -0.05) is 12.1 Å². The topological polar surface area (TPSA) is 6.48 Å². The average molecular weight is 270 g/mol. The SMILES string of the molecule is CN(C)CCN(C)CCSCc1cccc(F)c1. The van der Waals surface area contributed by atoms with Gasteiger partial charge in [-0.05, 0) is 38.8 Å². The Balaban J connectivity index is 2.11. The van der Waals surface area contributed by atoms with Crippen LogP contribution in [0.15, 0.2) is 24.3 Å². The monoisotopic (exact) mass is 270 g/mol. The van der Waals surface area contributed by atoms with Crippen molar-refractivity contribution >= 4 is 11.8 Å². The van der Waals surface area contributed by atoms with Gasteiger partial charge in [0, 0.05) is 31.1 Å². The van der Waals surface area contributed by atoms with Crippen LogP contribution in [0.5, 0.6) is 0 Å². The van der Waals surface area contributed by atoms with Gasteiger partial charge in [0.05, 0.1) is 0 Å². The lowest BCUT2D eigenvalue weighted by molar-refractivity contribution is 0.294. The molecular formula is C14H23FN2S. The molecule has 0 heterocycles. The van der Waals surface area contributed by atoms with E-state index in [4.69, 9.17) is 0 Å². The van der Waals surface area contributed by atoms with Crippen LogP contribution < -0.4 is 0 Å². The fourth-order valence-corrected chi connectivity index (χ4v) is 2.52. The molecule has 0 N–H and O–H groups in total. The highest BCUT2D eigenvalue weighted by atomic mass is 32.2. The molecule has 0 aliphatic heterocycles. The Morgan fingerprint density at radius 1 is 1.11 bits per heavy atom. The van der Waals surface area contributed by atoms with E-state index in [0.717, 1.165) is 36.7 Å². The molecule has 0 unspecified atom stereocenters. The van der Waals surface area contributed by atoms with Gasteiger partial charge in [0.2, 0.25) is 0 Å². The van der Waals surface area contributed by atoms with Crippen LogP contribution in [0.4, 0.5) is 4.39 Å². The summed E-state index contributed by atoms with van der Waals surface area (Å²) >= 11 is 1.86. The number of nitrogens with zero attached hydrogens (tertiary/aromatic N) is 2. The molecule has 0 aliphatic carbocycles. The molecule has 0 bridgehead atoms. The molecule has 1 aromatic rings. The largest absolute Gasteiger partial charge is 0.308 e. The van der Waals surface area contributed by atoms with Crippen LogP contribution in [0.25, 0.3) is 0 Å². The second-order valence-electron chi connectivity index (χ2n) is 4.79. The van der Waals surface area contributed by atoms with Crippen LogP contribution in [0.1, 0.15) is 5.56 Å². The molecule has 0 saturated heterocycles. The van der Waals surface area contributed by atoms with Crippen molar-refractivity contribution in [1.82, 2.24) is 9.80 Å². The fraction of sp³-hybridized carbons (Fsp3) is 0.571. The van der Waals surface area contributed by atoms with Gasteiger partial charge in [0.15, 0.2) is 0 Å². The lowest BCUT2D eigenvalue weighted by atomic mass is 10.2. The first-order valence-electron chi connectivity index (χ1n) is 6.23. The number of halogens is 1. The summed E-state index contributed by atoms with van der Waals surface area (Å²) in [7, 11) is 6.32. The summed E-state index contributed by atoms with van der Waals surface area (Å²) < 4.78 is 13.0. The predicted molar refractivity (Wildman–Crippen MR) is 78.6 cm³/mol. The van der Waals surface area contributed by atoms with Crippen LogP contribution in [0.3, 0.4) is 0 Å². The maximum Gasteiger partial charge on any atom is 0.123 e. The summed E-state index contributed by atoms with van der Waals surface area (Å²) in [5.41, 5.74) is 1.07. The minimum absolute atomic E-state index is 0.142. The highest BCUT2D eigenvalue weighted by Crippen LogP contribution is 2.13. The van der Waals surface area contributed by atoms with E-state index in [2.05, 4.69) is 30.9 Å². The third kappa shape index (κ3) is 6.99.